The summed E-state index contributed by atoms with van der Waals surface area (Å²) in [6, 6.07) is 3.29. The van der Waals surface area contributed by atoms with Gasteiger partial charge in [-0.2, -0.15) is 0 Å². The molecule has 1 aromatic heterocycles. The fourth-order valence-corrected chi connectivity index (χ4v) is 2.78. The Bertz CT molecular complexity index is 515. The fraction of sp³-hybridized carbons (Fsp3) is 0.533. The normalized spacial score (nSPS) is 18.7. The summed E-state index contributed by atoms with van der Waals surface area (Å²) in [4.78, 5) is 30.9. The lowest BCUT2D eigenvalue weighted by Crippen LogP contribution is -2.41. The first-order valence-electron chi connectivity index (χ1n) is 7.21. The second kappa shape index (κ2) is 6.67. The molecule has 6 nitrogen and oxygen atoms in total. The third kappa shape index (κ3) is 3.58. The van der Waals surface area contributed by atoms with Crippen LogP contribution in [0.5, 0.6) is 0 Å². The highest BCUT2D eigenvalue weighted by molar-refractivity contribution is 5.94. The molecule has 1 aromatic rings. The summed E-state index contributed by atoms with van der Waals surface area (Å²) in [6.45, 7) is 4.92. The van der Waals surface area contributed by atoms with Crippen LogP contribution in [0.25, 0.3) is 0 Å². The lowest BCUT2D eigenvalue weighted by Gasteiger charge is -2.27. The van der Waals surface area contributed by atoms with Crippen LogP contribution in [-0.4, -0.2) is 64.5 Å². The SMILES string of the molecule is CCN1CCCC1CN(C)C(=O)c1ccc(C(=O)O)nc1. The Morgan fingerprint density at radius 1 is 1.48 bits per heavy atom. The van der Waals surface area contributed by atoms with Crippen LogP contribution >= 0.6 is 0 Å². The highest BCUT2D eigenvalue weighted by Gasteiger charge is 2.26. The van der Waals surface area contributed by atoms with Gasteiger partial charge in [-0.05, 0) is 38.1 Å². The number of pyridine rings is 1. The van der Waals surface area contributed by atoms with Crippen LogP contribution in [0.2, 0.25) is 0 Å². The van der Waals surface area contributed by atoms with Crippen LogP contribution in [0, 0.1) is 0 Å². The summed E-state index contributed by atoms with van der Waals surface area (Å²) >= 11 is 0. The summed E-state index contributed by atoms with van der Waals surface area (Å²) in [5.41, 5.74) is 0.366. The lowest BCUT2D eigenvalue weighted by molar-refractivity contribution is 0.0687. The molecule has 2 rings (SSSR count). The van der Waals surface area contributed by atoms with Crippen molar-refractivity contribution in [3.63, 3.8) is 0 Å². The molecule has 1 saturated heterocycles. The van der Waals surface area contributed by atoms with Crippen molar-refractivity contribution >= 4 is 11.9 Å². The molecule has 1 fully saturated rings. The van der Waals surface area contributed by atoms with Crippen molar-refractivity contribution in [1.82, 2.24) is 14.8 Å². The average molecular weight is 291 g/mol. The second-order valence-corrected chi connectivity index (χ2v) is 5.35. The van der Waals surface area contributed by atoms with E-state index in [-0.39, 0.29) is 11.6 Å². The van der Waals surface area contributed by atoms with E-state index in [1.807, 2.05) is 0 Å². The van der Waals surface area contributed by atoms with Gasteiger partial charge in [-0.1, -0.05) is 6.92 Å². The molecule has 1 aliphatic rings. The number of likely N-dealkylation sites (tertiary alicyclic amines) is 1. The van der Waals surface area contributed by atoms with Crippen LogP contribution in [0.1, 0.15) is 40.6 Å². The Kier molecular flexibility index (Phi) is 4.90. The molecule has 0 aromatic carbocycles. The van der Waals surface area contributed by atoms with Gasteiger partial charge in [0, 0.05) is 25.8 Å². The summed E-state index contributed by atoms with van der Waals surface area (Å²) in [7, 11) is 1.78. The van der Waals surface area contributed by atoms with Crippen molar-refractivity contribution in [3.8, 4) is 0 Å². The standard InChI is InChI=1S/C15H21N3O3/c1-3-18-8-4-5-12(18)10-17(2)14(19)11-6-7-13(15(20)21)16-9-11/h6-7,9,12H,3-5,8,10H2,1-2H3,(H,20,21). The van der Waals surface area contributed by atoms with E-state index in [1.54, 1.807) is 11.9 Å². The number of carbonyl (C=O) groups is 2. The van der Waals surface area contributed by atoms with Crippen molar-refractivity contribution in [1.29, 1.82) is 0 Å². The summed E-state index contributed by atoms with van der Waals surface area (Å²) < 4.78 is 0. The molecule has 0 saturated carbocycles. The number of amides is 1. The first-order chi connectivity index (χ1) is 10.0. The van der Waals surface area contributed by atoms with Gasteiger partial charge in [-0.3, -0.25) is 9.69 Å². The molecule has 21 heavy (non-hydrogen) atoms. The predicted octanol–water partition coefficient (Wildman–Crippen LogP) is 1.34. The predicted molar refractivity (Wildman–Crippen MR) is 78.4 cm³/mol. The first-order valence-corrected chi connectivity index (χ1v) is 7.21. The van der Waals surface area contributed by atoms with E-state index >= 15 is 0 Å². The quantitative estimate of drug-likeness (QED) is 0.886. The van der Waals surface area contributed by atoms with Crippen molar-refractivity contribution in [2.24, 2.45) is 0 Å². The molecule has 1 N–H and O–H groups in total. The lowest BCUT2D eigenvalue weighted by atomic mass is 10.2. The maximum absolute atomic E-state index is 12.3. The number of aromatic carboxylic acids is 1. The zero-order valence-electron chi connectivity index (χ0n) is 12.5. The molecule has 0 radical (unpaired) electrons. The molecular formula is C15H21N3O3. The van der Waals surface area contributed by atoms with Gasteiger partial charge in [0.05, 0.1) is 5.56 Å². The molecule has 2 heterocycles. The van der Waals surface area contributed by atoms with E-state index in [0.717, 1.165) is 19.5 Å². The Labute approximate surface area is 124 Å². The number of aromatic nitrogens is 1. The molecule has 0 aliphatic carbocycles. The van der Waals surface area contributed by atoms with Crippen LogP contribution in [0.15, 0.2) is 18.3 Å². The Hall–Kier alpha value is -1.95. The topological polar surface area (TPSA) is 73.7 Å². The van der Waals surface area contributed by atoms with E-state index < -0.39 is 5.97 Å². The smallest absolute Gasteiger partial charge is 0.354 e. The van der Waals surface area contributed by atoms with Crippen LogP contribution < -0.4 is 0 Å². The van der Waals surface area contributed by atoms with Gasteiger partial charge in [0.15, 0.2) is 0 Å². The average Bonchev–Trinajstić information content (AvgIpc) is 2.93. The van der Waals surface area contributed by atoms with Crippen molar-refractivity contribution < 1.29 is 14.7 Å². The van der Waals surface area contributed by atoms with E-state index in [9.17, 15) is 9.59 Å². The zero-order valence-corrected chi connectivity index (χ0v) is 12.5. The number of carboxylic acid groups (broad SMARTS) is 1. The fourth-order valence-electron chi connectivity index (χ4n) is 2.78. The number of carbonyl (C=O) groups excluding carboxylic acids is 1. The van der Waals surface area contributed by atoms with Gasteiger partial charge in [-0.15, -0.1) is 0 Å². The molecule has 1 unspecified atom stereocenters. The highest BCUT2D eigenvalue weighted by atomic mass is 16.4. The maximum Gasteiger partial charge on any atom is 0.354 e. The third-order valence-electron chi connectivity index (χ3n) is 3.97. The minimum absolute atomic E-state index is 0.0536. The summed E-state index contributed by atoms with van der Waals surface area (Å²) in [6.07, 6.45) is 3.62. The monoisotopic (exact) mass is 291 g/mol. The molecular weight excluding hydrogens is 270 g/mol. The van der Waals surface area contributed by atoms with E-state index in [2.05, 4.69) is 16.8 Å². The van der Waals surface area contributed by atoms with Crippen LogP contribution in [0.4, 0.5) is 0 Å². The van der Waals surface area contributed by atoms with E-state index in [1.165, 1.54) is 24.8 Å². The van der Waals surface area contributed by atoms with Crippen LogP contribution in [-0.2, 0) is 0 Å². The zero-order chi connectivity index (χ0) is 15.4. The summed E-state index contributed by atoms with van der Waals surface area (Å²) in [5.74, 6) is -1.21. The van der Waals surface area contributed by atoms with Gasteiger partial charge >= 0.3 is 5.97 Å². The van der Waals surface area contributed by atoms with Gasteiger partial charge in [-0.25, -0.2) is 9.78 Å². The van der Waals surface area contributed by atoms with Crippen molar-refractivity contribution in [2.75, 3.05) is 26.7 Å². The number of hydrogen-bond donors (Lipinski definition) is 1. The van der Waals surface area contributed by atoms with Gasteiger partial charge in [0.1, 0.15) is 5.69 Å². The first kappa shape index (κ1) is 15.4. The summed E-state index contributed by atoms with van der Waals surface area (Å²) in [5, 5.41) is 8.81. The number of hydrogen-bond acceptors (Lipinski definition) is 4. The maximum atomic E-state index is 12.3. The molecule has 1 aliphatic heterocycles. The Morgan fingerprint density at radius 2 is 2.24 bits per heavy atom. The Morgan fingerprint density at radius 3 is 2.81 bits per heavy atom. The van der Waals surface area contributed by atoms with Gasteiger partial charge in [0.2, 0.25) is 0 Å². The minimum atomic E-state index is -1.09. The van der Waals surface area contributed by atoms with Crippen LogP contribution in [0.3, 0.4) is 0 Å². The number of nitrogens with zero attached hydrogens (tertiary/aromatic N) is 3. The van der Waals surface area contributed by atoms with E-state index in [0.29, 0.717) is 18.2 Å². The third-order valence-corrected chi connectivity index (χ3v) is 3.97. The number of rotatable bonds is 5. The van der Waals surface area contributed by atoms with E-state index in [4.69, 9.17) is 5.11 Å². The molecule has 1 amide bonds. The molecule has 114 valence electrons. The minimum Gasteiger partial charge on any atom is -0.477 e. The number of likely N-dealkylation sites (N-methyl/N-ethyl adjacent to an activating group) is 2. The molecule has 0 bridgehead atoms. The van der Waals surface area contributed by atoms with Gasteiger partial charge < -0.3 is 10.0 Å². The second-order valence-electron chi connectivity index (χ2n) is 5.35. The Balaban J connectivity index is 2.00. The highest BCUT2D eigenvalue weighted by Crippen LogP contribution is 2.18. The van der Waals surface area contributed by atoms with Gasteiger partial charge in [0.25, 0.3) is 5.91 Å². The molecule has 0 spiro atoms. The molecule has 1 atom stereocenters. The van der Waals surface area contributed by atoms with Crippen molar-refractivity contribution in [2.45, 2.75) is 25.8 Å². The molecule has 6 heteroatoms. The number of carboxylic acids is 1. The van der Waals surface area contributed by atoms with Crippen molar-refractivity contribution in [3.05, 3.63) is 29.6 Å². The largest absolute Gasteiger partial charge is 0.477 e.